The van der Waals surface area contributed by atoms with E-state index in [9.17, 15) is 0 Å². The molecule has 0 N–H and O–H groups in total. The third-order valence-electron chi connectivity index (χ3n) is 2.78. The molecule has 16 heavy (non-hydrogen) atoms. The lowest BCUT2D eigenvalue weighted by Gasteiger charge is -2.22. The third-order valence-corrected chi connectivity index (χ3v) is 2.78. The van der Waals surface area contributed by atoms with E-state index in [1.165, 1.54) is 5.39 Å². The number of nitrogens with zero attached hydrogens (tertiary/aromatic N) is 3. The van der Waals surface area contributed by atoms with E-state index in [-0.39, 0.29) is 5.54 Å². The summed E-state index contributed by atoms with van der Waals surface area (Å²) in [6, 6.07) is 2.12. The van der Waals surface area contributed by atoms with E-state index < -0.39 is 0 Å². The minimum absolute atomic E-state index is 0.0599. The van der Waals surface area contributed by atoms with Gasteiger partial charge in [0.05, 0.1) is 5.69 Å². The van der Waals surface area contributed by atoms with Crippen molar-refractivity contribution in [1.82, 2.24) is 14.5 Å². The van der Waals surface area contributed by atoms with E-state index in [1.54, 1.807) is 6.33 Å². The highest BCUT2D eigenvalue weighted by Crippen LogP contribution is 2.26. The molecular weight excluding hydrogens is 198 g/mol. The van der Waals surface area contributed by atoms with Gasteiger partial charge in [-0.3, -0.25) is 0 Å². The lowest BCUT2D eigenvalue weighted by molar-refractivity contribution is 0.408. The fraction of sp³-hybridized carbons (Fsp3) is 0.538. The van der Waals surface area contributed by atoms with Gasteiger partial charge < -0.3 is 4.57 Å². The molecule has 0 aliphatic heterocycles. The molecule has 3 heteroatoms. The van der Waals surface area contributed by atoms with E-state index in [4.69, 9.17) is 0 Å². The van der Waals surface area contributed by atoms with Crippen molar-refractivity contribution in [2.24, 2.45) is 0 Å². The Morgan fingerprint density at radius 1 is 1.19 bits per heavy atom. The van der Waals surface area contributed by atoms with Crippen molar-refractivity contribution >= 4 is 11.0 Å². The van der Waals surface area contributed by atoms with Crippen molar-refractivity contribution in [3.63, 3.8) is 0 Å². The Bertz CT molecular complexity index is 503. The van der Waals surface area contributed by atoms with Crippen LogP contribution in [0.25, 0.3) is 11.0 Å². The average Bonchev–Trinajstić information content (AvgIpc) is 2.59. The predicted octanol–water partition coefficient (Wildman–Crippen LogP) is 3.31. The molecule has 86 valence electrons. The number of fused-ring (bicyclic) bond motifs is 1. The van der Waals surface area contributed by atoms with Gasteiger partial charge in [-0.1, -0.05) is 13.8 Å². The molecule has 0 bridgehead atoms. The highest BCUT2D eigenvalue weighted by Gasteiger charge is 2.18. The molecule has 2 aromatic rings. The Balaban J connectivity index is 2.71. The SMILES string of the molecule is CC(C)c1ncnc2c1ccn2C(C)(C)C. The molecule has 0 aliphatic carbocycles. The maximum Gasteiger partial charge on any atom is 0.144 e. The Morgan fingerprint density at radius 2 is 1.88 bits per heavy atom. The lowest BCUT2D eigenvalue weighted by Crippen LogP contribution is -2.21. The van der Waals surface area contributed by atoms with Crippen LogP contribution in [-0.4, -0.2) is 14.5 Å². The molecule has 0 unspecified atom stereocenters. The summed E-state index contributed by atoms with van der Waals surface area (Å²) in [6.45, 7) is 10.9. The molecule has 0 radical (unpaired) electrons. The van der Waals surface area contributed by atoms with Gasteiger partial charge in [-0.05, 0) is 32.8 Å². The second-order valence-electron chi connectivity index (χ2n) is 5.51. The van der Waals surface area contributed by atoms with E-state index in [2.05, 4.69) is 61.4 Å². The summed E-state index contributed by atoms with van der Waals surface area (Å²) in [5, 5.41) is 1.17. The van der Waals surface area contributed by atoms with Crippen molar-refractivity contribution < 1.29 is 0 Å². The van der Waals surface area contributed by atoms with Crippen molar-refractivity contribution in [1.29, 1.82) is 0 Å². The molecule has 0 saturated heterocycles. The molecule has 0 atom stereocenters. The molecule has 3 nitrogen and oxygen atoms in total. The largest absolute Gasteiger partial charge is 0.327 e. The minimum atomic E-state index is 0.0599. The topological polar surface area (TPSA) is 30.7 Å². The van der Waals surface area contributed by atoms with E-state index >= 15 is 0 Å². The Morgan fingerprint density at radius 3 is 2.44 bits per heavy atom. The Kier molecular flexibility index (Phi) is 2.49. The van der Waals surface area contributed by atoms with Crippen LogP contribution in [0.2, 0.25) is 0 Å². The molecule has 0 amide bonds. The maximum atomic E-state index is 4.40. The first-order valence-electron chi connectivity index (χ1n) is 5.73. The molecule has 0 spiro atoms. The summed E-state index contributed by atoms with van der Waals surface area (Å²) < 4.78 is 2.20. The maximum absolute atomic E-state index is 4.40. The zero-order valence-electron chi connectivity index (χ0n) is 10.7. The summed E-state index contributed by atoms with van der Waals surface area (Å²) >= 11 is 0. The number of hydrogen-bond donors (Lipinski definition) is 0. The quantitative estimate of drug-likeness (QED) is 0.733. The first kappa shape index (κ1) is 11.1. The molecule has 2 rings (SSSR count). The first-order chi connectivity index (χ1) is 7.41. The van der Waals surface area contributed by atoms with Gasteiger partial charge in [-0.15, -0.1) is 0 Å². The predicted molar refractivity (Wildman–Crippen MR) is 66.6 cm³/mol. The van der Waals surface area contributed by atoms with Gasteiger partial charge >= 0.3 is 0 Å². The monoisotopic (exact) mass is 217 g/mol. The molecule has 0 fully saturated rings. The lowest BCUT2D eigenvalue weighted by atomic mass is 10.1. The number of aromatic nitrogens is 3. The van der Waals surface area contributed by atoms with Crippen LogP contribution < -0.4 is 0 Å². The number of hydrogen-bond acceptors (Lipinski definition) is 2. The van der Waals surface area contributed by atoms with Crippen molar-refractivity contribution in [3.8, 4) is 0 Å². The van der Waals surface area contributed by atoms with Crippen LogP contribution >= 0.6 is 0 Å². The van der Waals surface area contributed by atoms with Crippen LogP contribution in [0.4, 0.5) is 0 Å². The Labute approximate surface area is 96.5 Å². The fourth-order valence-electron chi connectivity index (χ4n) is 1.97. The molecule has 0 saturated carbocycles. The van der Waals surface area contributed by atoms with E-state index in [0.717, 1.165) is 11.3 Å². The minimum Gasteiger partial charge on any atom is -0.327 e. The summed E-state index contributed by atoms with van der Waals surface area (Å²) in [7, 11) is 0. The van der Waals surface area contributed by atoms with Gasteiger partial charge in [0, 0.05) is 17.1 Å². The summed E-state index contributed by atoms with van der Waals surface area (Å²) in [6.07, 6.45) is 3.77. The van der Waals surface area contributed by atoms with Crippen molar-refractivity contribution in [2.45, 2.75) is 46.1 Å². The average molecular weight is 217 g/mol. The second kappa shape index (κ2) is 3.58. The van der Waals surface area contributed by atoms with E-state index in [0.29, 0.717) is 5.92 Å². The normalized spacial score (nSPS) is 12.6. The molecular formula is C13H19N3. The van der Waals surface area contributed by atoms with E-state index in [1.807, 2.05) is 0 Å². The molecule has 2 aromatic heterocycles. The van der Waals surface area contributed by atoms with Gasteiger partial charge in [-0.2, -0.15) is 0 Å². The second-order valence-corrected chi connectivity index (χ2v) is 5.51. The summed E-state index contributed by atoms with van der Waals surface area (Å²) in [4.78, 5) is 8.78. The highest BCUT2D eigenvalue weighted by molar-refractivity contribution is 5.79. The van der Waals surface area contributed by atoms with Crippen molar-refractivity contribution in [3.05, 3.63) is 24.3 Å². The summed E-state index contributed by atoms with van der Waals surface area (Å²) in [5.41, 5.74) is 2.23. The van der Waals surface area contributed by atoms with Crippen LogP contribution in [-0.2, 0) is 5.54 Å². The zero-order valence-corrected chi connectivity index (χ0v) is 10.7. The Hall–Kier alpha value is -1.38. The van der Waals surface area contributed by atoms with Gasteiger partial charge in [0.1, 0.15) is 12.0 Å². The van der Waals surface area contributed by atoms with Crippen molar-refractivity contribution in [2.75, 3.05) is 0 Å². The zero-order chi connectivity index (χ0) is 11.9. The molecule has 0 aliphatic rings. The van der Waals surface area contributed by atoms with Gasteiger partial charge in [0.15, 0.2) is 0 Å². The van der Waals surface area contributed by atoms with Gasteiger partial charge in [-0.25, -0.2) is 9.97 Å². The van der Waals surface area contributed by atoms with Gasteiger partial charge in [0.25, 0.3) is 0 Å². The molecule has 0 aromatic carbocycles. The van der Waals surface area contributed by atoms with Crippen LogP contribution in [0, 0.1) is 0 Å². The van der Waals surface area contributed by atoms with Crippen LogP contribution in [0.1, 0.15) is 46.2 Å². The van der Waals surface area contributed by atoms with Crippen LogP contribution in [0.3, 0.4) is 0 Å². The first-order valence-corrected chi connectivity index (χ1v) is 5.73. The number of rotatable bonds is 1. The van der Waals surface area contributed by atoms with Crippen LogP contribution in [0.15, 0.2) is 18.6 Å². The van der Waals surface area contributed by atoms with Gasteiger partial charge in [0.2, 0.25) is 0 Å². The highest BCUT2D eigenvalue weighted by atomic mass is 15.1. The van der Waals surface area contributed by atoms with Crippen LogP contribution in [0.5, 0.6) is 0 Å². The third kappa shape index (κ3) is 1.70. The standard InChI is InChI=1S/C13H19N3/c1-9(2)11-10-6-7-16(13(3,4)5)12(10)15-8-14-11/h6-9H,1-5H3. The fourth-order valence-corrected chi connectivity index (χ4v) is 1.97. The molecule has 2 heterocycles. The smallest absolute Gasteiger partial charge is 0.144 e. The summed E-state index contributed by atoms with van der Waals surface area (Å²) in [5.74, 6) is 0.432.